The molecule has 0 aromatic rings. The molecule has 0 aliphatic carbocycles. The van der Waals surface area contributed by atoms with Crippen LogP contribution in [0.3, 0.4) is 0 Å². The Hall–Kier alpha value is -2.02. The molecule has 50 heavy (non-hydrogen) atoms. The molecule has 2 saturated heterocycles. The number of cyclic esters (lactones) is 2. The Morgan fingerprint density at radius 2 is 1.08 bits per heavy atom. The molecular weight excluding hydrogens is 618 g/mol. The Morgan fingerprint density at radius 1 is 0.620 bits per heavy atom. The van der Waals surface area contributed by atoms with Gasteiger partial charge in [0.05, 0.1) is 26.1 Å². The summed E-state index contributed by atoms with van der Waals surface area (Å²) in [6, 6.07) is 0. The summed E-state index contributed by atoms with van der Waals surface area (Å²) in [6.45, 7) is 13.0. The zero-order valence-corrected chi connectivity index (χ0v) is 32.9. The van der Waals surface area contributed by atoms with Crippen LogP contribution in [-0.2, 0) is 19.1 Å². The standard InChI is InChI=1S/C45H77NO4/c1-4-7-19-29-41-38-44(47)49-36-25-16-12-10-14-21-27-40(32-35-46-33-23-18-24-34-46)28-22-15-11-13-17-26-37-50-45(48)39-42(30-20-8-5-2)43(41)31-9-6-3/h40-42H,3-5,7-8,10-30,32-39H2,1-2H3. The number of hydrogen-bond donors (Lipinski definition) is 0. The van der Waals surface area contributed by atoms with E-state index in [1.807, 2.05) is 0 Å². The number of esters is 2. The molecule has 2 heterocycles. The van der Waals surface area contributed by atoms with E-state index in [4.69, 9.17) is 9.47 Å². The van der Waals surface area contributed by atoms with E-state index < -0.39 is 0 Å². The molecule has 0 spiro atoms. The number of likely N-dealkylation sites (tertiary alicyclic amines) is 1. The van der Waals surface area contributed by atoms with Crippen LogP contribution in [0.4, 0.5) is 0 Å². The van der Waals surface area contributed by atoms with E-state index in [-0.39, 0.29) is 23.8 Å². The monoisotopic (exact) mass is 696 g/mol. The van der Waals surface area contributed by atoms with Gasteiger partial charge in [-0.2, -0.15) is 0 Å². The summed E-state index contributed by atoms with van der Waals surface area (Å²) in [5.74, 6) is 0.526. The van der Waals surface area contributed by atoms with E-state index in [1.54, 1.807) is 0 Å². The topological polar surface area (TPSA) is 55.8 Å². The third-order valence-corrected chi connectivity index (χ3v) is 11.2. The Bertz CT molecular complexity index is 945. The van der Waals surface area contributed by atoms with Crippen molar-refractivity contribution < 1.29 is 19.1 Å². The molecule has 0 bridgehead atoms. The summed E-state index contributed by atoms with van der Waals surface area (Å²) < 4.78 is 11.6. The van der Waals surface area contributed by atoms with Crippen LogP contribution in [0.5, 0.6) is 0 Å². The maximum atomic E-state index is 13.2. The Balaban J connectivity index is 2.05. The van der Waals surface area contributed by atoms with E-state index in [1.165, 1.54) is 110 Å². The second-order valence-electron chi connectivity index (χ2n) is 15.5. The number of carbonyl (C=O) groups is 2. The molecule has 0 radical (unpaired) electrons. The molecule has 5 nitrogen and oxygen atoms in total. The first-order valence-electron chi connectivity index (χ1n) is 21.5. The minimum atomic E-state index is -0.139. The van der Waals surface area contributed by atoms with Crippen molar-refractivity contribution >= 4 is 11.9 Å². The van der Waals surface area contributed by atoms with Gasteiger partial charge in [-0.1, -0.05) is 147 Å². The summed E-state index contributed by atoms with van der Waals surface area (Å²) in [7, 11) is 0. The van der Waals surface area contributed by atoms with Gasteiger partial charge in [-0.05, 0) is 100 Å². The van der Waals surface area contributed by atoms with Crippen LogP contribution in [-0.4, -0.2) is 49.7 Å². The lowest BCUT2D eigenvalue weighted by Crippen LogP contribution is -2.31. The van der Waals surface area contributed by atoms with Crippen LogP contribution in [0, 0.1) is 17.8 Å². The summed E-state index contributed by atoms with van der Waals surface area (Å²) in [6.07, 6.45) is 31.7. The summed E-state index contributed by atoms with van der Waals surface area (Å²) in [5.41, 5.74) is 10.0. The minimum absolute atomic E-state index is 0.0310. The van der Waals surface area contributed by atoms with Crippen LogP contribution in [0.25, 0.3) is 0 Å². The van der Waals surface area contributed by atoms with Gasteiger partial charge in [0.25, 0.3) is 0 Å². The SMILES string of the molecule is C=C=C=C=C1C(CCCCC)CC(=O)OCCCCCCCCC(CCN2CCCCC2)CCCCCCCCOC(=O)CC1CCCCC. The Labute approximate surface area is 308 Å². The molecule has 2 rings (SSSR count). The highest BCUT2D eigenvalue weighted by atomic mass is 16.5. The number of piperidine rings is 1. The lowest BCUT2D eigenvalue weighted by atomic mass is 9.79. The maximum absolute atomic E-state index is 13.2. The molecule has 2 unspecified atom stereocenters. The molecule has 5 heteroatoms. The molecule has 0 N–H and O–H groups in total. The van der Waals surface area contributed by atoms with E-state index >= 15 is 0 Å². The molecule has 0 saturated carbocycles. The largest absolute Gasteiger partial charge is 0.466 e. The van der Waals surface area contributed by atoms with Crippen molar-refractivity contribution in [2.24, 2.45) is 17.8 Å². The van der Waals surface area contributed by atoms with Crippen LogP contribution in [0.1, 0.15) is 194 Å². The van der Waals surface area contributed by atoms with Crippen LogP contribution >= 0.6 is 0 Å². The van der Waals surface area contributed by atoms with Crippen molar-refractivity contribution in [2.45, 2.75) is 194 Å². The molecule has 0 amide bonds. The van der Waals surface area contributed by atoms with Crippen molar-refractivity contribution in [3.63, 3.8) is 0 Å². The molecule has 2 aliphatic rings. The van der Waals surface area contributed by atoms with Crippen molar-refractivity contribution in [3.05, 3.63) is 29.3 Å². The predicted molar refractivity (Wildman–Crippen MR) is 209 cm³/mol. The smallest absolute Gasteiger partial charge is 0.306 e. The number of ether oxygens (including phenoxy) is 2. The molecule has 2 atom stereocenters. The Kier molecular flexibility index (Phi) is 27.0. The van der Waals surface area contributed by atoms with Crippen molar-refractivity contribution in [1.29, 1.82) is 0 Å². The predicted octanol–water partition coefficient (Wildman–Crippen LogP) is 12.2. The van der Waals surface area contributed by atoms with Gasteiger partial charge >= 0.3 is 11.9 Å². The van der Waals surface area contributed by atoms with Crippen LogP contribution < -0.4 is 0 Å². The molecule has 0 aromatic heterocycles. The van der Waals surface area contributed by atoms with Gasteiger partial charge in [0, 0.05) is 0 Å². The highest BCUT2D eigenvalue weighted by molar-refractivity contribution is 5.71. The first kappa shape index (κ1) is 44.1. The van der Waals surface area contributed by atoms with Gasteiger partial charge in [-0.25, -0.2) is 0 Å². The normalized spacial score (nSPS) is 24.3. The van der Waals surface area contributed by atoms with Crippen molar-refractivity contribution in [1.82, 2.24) is 4.90 Å². The van der Waals surface area contributed by atoms with Gasteiger partial charge < -0.3 is 14.4 Å². The second kappa shape index (κ2) is 30.6. The Morgan fingerprint density at radius 3 is 1.56 bits per heavy atom. The highest BCUT2D eigenvalue weighted by Gasteiger charge is 2.28. The van der Waals surface area contributed by atoms with E-state index in [0.717, 1.165) is 88.5 Å². The van der Waals surface area contributed by atoms with E-state index in [2.05, 4.69) is 42.5 Å². The fraction of sp³-hybridized carbons (Fsp3) is 0.844. The first-order valence-corrected chi connectivity index (χ1v) is 21.5. The van der Waals surface area contributed by atoms with Crippen molar-refractivity contribution in [3.8, 4) is 0 Å². The molecular formula is C45H77NO4. The number of allylic oxidation sites excluding steroid dienone is 1. The third-order valence-electron chi connectivity index (χ3n) is 11.2. The molecule has 286 valence electrons. The lowest BCUT2D eigenvalue weighted by molar-refractivity contribution is -0.145. The summed E-state index contributed by atoms with van der Waals surface area (Å²) in [4.78, 5) is 29.1. The average Bonchev–Trinajstić information content (AvgIpc) is 3.12. The van der Waals surface area contributed by atoms with Gasteiger partial charge in [-0.15, -0.1) is 0 Å². The van der Waals surface area contributed by atoms with Gasteiger partial charge in [0.1, 0.15) is 0 Å². The maximum Gasteiger partial charge on any atom is 0.306 e. The highest BCUT2D eigenvalue weighted by Crippen LogP contribution is 2.34. The summed E-state index contributed by atoms with van der Waals surface area (Å²) in [5, 5.41) is 0. The number of rotatable bonds is 11. The zero-order valence-electron chi connectivity index (χ0n) is 32.9. The van der Waals surface area contributed by atoms with Crippen molar-refractivity contribution in [2.75, 3.05) is 32.8 Å². The first-order chi connectivity index (χ1) is 24.6. The van der Waals surface area contributed by atoms with Gasteiger partial charge in [0.2, 0.25) is 0 Å². The quantitative estimate of drug-likeness (QED) is 0.122. The number of nitrogens with zero attached hydrogens (tertiary/aromatic N) is 1. The average molecular weight is 696 g/mol. The van der Waals surface area contributed by atoms with E-state index in [9.17, 15) is 9.59 Å². The van der Waals surface area contributed by atoms with Crippen LogP contribution in [0.2, 0.25) is 0 Å². The molecule has 2 aliphatic heterocycles. The third kappa shape index (κ3) is 22.0. The number of unbranched alkanes of at least 4 members (excludes halogenated alkanes) is 4. The molecule has 2 fully saturated rings. The minimum Gasteiger partial charge on any atom is -0.466 e. The van der Waals surface area contributed by atoms with Gasteiger partial charge in [-0.3, -0.25) is 9.59 Å². The summed E-state index contributed by atoms with van der Waals surface area (Å²) >= 11 is 0. The molecule has 0 aromatic carbocycles. The fourth-order valence-corrected chi connectivity index (χ4v) is 8.03. The lowest BCUT2D eigenvalue weighted by Gasteiger charge is -2.28. The zero-order chi connectivity index (χ0) is 35.9. The number of carbonyl (C=O) groups excluding carboxylic acids is 2. The number of hydrogen-bond acceptors (Lipinski definition) is 5. The fourth-order valence-electron chi connectivity index (χ4n) is 8.03. The van der Waals surface area contributed by atoms with Gasteiger partial charge in [0.15, 0.2) is 0 Å². The van der Waals surface area contributed by atoms with Crippen LogP contribution in [0.15, 0.2) is 29.3 Å². The van der Waals surface area contributed by atoms with E-state index in [0.29, 0.717) is 26.1 Å². The second-order valence-corrected chi connectivity index (χ2v) is 15.5.